The topological polar surface area (TPSA) is 26.3 Å². The van der Waals surface area contributed by atoms with Crippen molar-refractivity contribution in [3.05, 3.63) is 72.3 Å². The van der Waals surface area contributed by atoms with Gasteiger partial charge >= 0.3 is 0 Å². The van der Waals surface area contributed by atoms with Crippen LogP contribution in [0.15, 0.2) is 61.2 Å². The molecule has 0 spiro atoms. The molecule has 2 aromatic carbocycles. The van der Waals surface area contributed by atoms with Crippen molar-refractivity contribution in [1.29, 1.82) is 0 Å². The molecule has 3 heteroatoms. The van der Waals surface area contributed by atoms with Gasteiger partial charge in [-0.3, -0.25) is 4.57 Å². The highest BCUT2D eigenvalue weighted by atomic mass is 31.1. The van der Waals surface area contributed by atoms with E-state index in [1.807, 2.05) is 54.6 Å². The van der Waals surface area contributed by atoms with Gasteiger partial charge in [-0.2, -0.15) is 0 Å². The summed E-state index contributed by atoms with van der Waals surface area (Å²) in [5, 5.41) is 0.729. The standard InChI is InChI=1S/C15H15O2P/c1-12(13-6-4-3-5-7-13)14-8-10-15(11-9-14)18(16)17-2/h3-11,18H,1H2,2H3. The second-order valence-electron chi connectivity index (χ2n) is 3.91. The minimum atomic E-state index is -2.09. The number of hydrogen-bond donors (Lipinski definition) is 0. The molecule has 0 saturated heterocycles. The predicted molar refractivity (Wildman–Crippen MR) is 76.7 cm³/mol. The molecule has 0 heterocycles. The van der Waals surface area contributed by atoms with Crippen LogP contribution in [0.5, 0.6) is 0 Å². The van der Waals surface area contributed by atoms with E-state index in [1.54, 1.807) is 0 Å². The van der Waals surface area contributed by atoms with Crippen LogP contribution in [0.2, 0.25) is 0 Å². The highest BCUT2D eigenvalue weighted by Crippen LogP contribution is 2.24. The van der Waals surface area contributed by atoms with Crippen LogP contribution in [0.3, 0.4) is 0 Å². The molecule has 0 bridgehead atoms. The van der Waals surface area contributed by atoms with Gasteiger partial charge in [0.25, 0.3) is 0 Å². The Morgan fingerprint density at radius 2 is 1.56 bits per heavy atom. The Morgan fingerprint density at radius 1 is 1.00 bits per heavy atom. The number of rotatable bonds is 4. The van der Waals surface area contributed by atoms with Crippen molar-refractivity contribution < 1.29 is 9.09 Å². The van der Waals surface area contributed by atoms with Gasteiger partial charge in [-0.1, -0.05) is 49.0 Å². The third-order valence-electron chi connectivity index (χ3n) is 2.78. The van der Waals surface area contributed by atoms with Crippen LogP contribution in [0.25, 0.3) is 5.57 Å². The molecule has 2 nitrogen and oxygen atoms in total. The van der Waals surface area contributed by atoms with Crippen LogP contribution >= 0.6 is 8.03 Å². The Bertz CT molecular complexity index is 559. The summed E-state index contributed by atoms with van der Waals surface area (Å²) in [4.78, 5) is 0. The molecule has 0 saturated carbocycles. The molecule has 2 aromatic rings. The van der Waals surface area contributed by atoms with Crippen LogP contribution in [-0.4, -0.2) is 7.11 Å². The molecule has 0 N–H and O–H groups in total. The van der Waals surface area contributed by atoms with Gasteiger partial charge in [0.1, 0.15) is 0 Å². The zero-order valence-electron chi connectivity index (χ0n) is 10.2. The maximum Gasteiger partial charge on any atom is 0.220 e. The molecule has 1 unspecified atom stereocenters. The quantitative estimate of drug-likeness (QED) is 0.785. The first kappa shape index (κ1) is 12.8. The van der Waals surface area contributed by atoms with Crippen molar-refractivity contribution in [2.24, 2.45) is 0 Å². The summed E-state index contributed by atoms with van der Waals surface area (Å²) in [5.74, 6) is 0. The van der Waals surface area contributed by atoms with Crippen LogP contribution in [0.1, 0.15) is 11.1 Å². The van der Waals surface area contributed by atoms with Crippen molar-refractivity contribution in [3.63, 3.8) is 0 Å². The van der Waals surface area contributed by atoms with Crippen molar-refractivity contribution in [1.82, 2.24) is 0 Å². The average molecular weight is 258 g/mol. The number of hydrogen-bond acceptors (Lipinski definition) is 2. The molecule has 0 aromatic heterocycles. The van der Waals surface area contributed by atoms with Crippen LogP contribution in [0, 0.1) is 0 Å². The van der Waals surface area contributed by atoms with E-state index in [-0.39, 0.29) is 0 Å². The van der Waals surface area contributed by atoms with E-state index in [2.05, 4.69) is 6.58 Å². The molecule has 0 aliphatic rings. The summed E-state index contributed by atoms with van der Waals surface area (Å²) >= 11 is 0. The van der Waals surface area contributed by atoms with Crippen LogP contribution in [-0.2, 0) is 9.09 Å². The fraction of sp³-hybridized carbons (Fsp3) is 0.0667. The lowest BCUT2D eigenvalue weighted by Gasteiger charge is -2.07. The lowest BCUT2D eigenvalue weighted by molar-refractivity contribution is 0.423. The molecular formula is C15H15O2P. The largest absolute Gasteiger partial charge is 0.331 e. The monoisotopic (exact) mass is 258 g/mol. The Morgan fingerprint density at radius 3 is 2.11 bits per heavy atom. The van der Waals surface area contributed by atoms with Gasteiger partial charge in [0.15, 0.2) is 0 Å². The van der Waals surface area contributed by atoms with Crippen molar-refractivity contribution in [2.75, 3.05) is 7.11 Å². The minimum Gasteiger partial charge on any atom is -0.331 e. The van der Waals surface area contributed by atoms with Crippen molar-refractivity contribution in [2.45, 2.75) is 0 Å². The Hall–Kier alpha value is -1.63. The Balaban J connectivity index is 2.25. The molecule has 0 fully saturated rings. The van der Waals surface area contributed by atoms with E-state index in [0.717, 1.165) is 22.0 Å². The number of benzene rings is 2. The van der Waals surface area contributed by atoms with E-state index in [9.17, 15) is 4.57 Å². The Kier molecular flexibility index (Phi) is 4.14. The molecule has 0 radical (unpaired) electrons. The fourth-order valence-electron chi connectivity index (χ4n) is 1.73. The first-order chi connectivity index (χ1) is 8.72. The smallest absolute Gasteiger partial charge is 0.220 e. The van der Waals surface area contributed by atoms with E-state index in [1.165, 1.54) is 7.11 Å². The minimum absolute atomic E-state index is 0.729. The molecule has 92 valence electrons. The lowest BCUT2D eigenvalue weighted by atomic mass is 10.00. The maximum atomic E-state index is 11.5. The van der Waals surface area contributed by atoms with Crippen LogP contribution < -0.4 is 5.30 Å². The van der Waals surface area contributed by atoms with Gasteiger partial charge in [-0.25, -0.2) is 0 Å². The highest BCUT2D eigenvalue weighted by molar-refractivity contribution is 7.48. The normalized spacial score (nSPS) is 12.1. The Labute approximate surface area is 108 Å². The van der Waals surface area contributed by atoms with Gasteiger partial charge in [0, 0.05) is 12.4 Å². The van der Waals surface area contributed by atoms with Gasteiger partial charge in [0.05, 0.1) is 0 Å². The summed E-state index contributed by atoms with van der Waals surface area (Å²) in [6.45, 7) is 4.09. The second-order valence-corrected chi connectivity index (χ2v) is 5.47. The van der Waals surface area contributed by atoms with Crippen molar-refractivity contribution >= 4 is 18.9 Å². The molecule has 0 aliphatic heterocycles. The predicted octanol–water partition coefficient (Wildman–Crippen LogP) is 3.49. The summed E-state index contributed by atoms with van der Waals surface area (Å²) < 4.78 is 16.4. The van der Waals surface area contributed by atoms with Crippen molar-refractivity contribution in [3.8, 4) is 0 Å². The third kappa shape index (κ3) is 2.79. The summed E-state index contributed by atoms with van der Waals surface area (Å²) in [7, 11) is -0.636. The SMILES string of the molecule is C=C(c1ccccc1)c1ccc([PH](=O)OC)cc1. The summed E-state index contributed by atoms with van der Waals surface area (Å²) in [6.07, 6.45) is 0. The highest BCUT2D eigenvalue weighted by Gasteiger charge is 2.04. The molecule has 18 heavy (non-hydrogen) atoms. The van der Waals surface area contributed by atoms with Gasteiger partial charge in [-0.15, -0.1) is 0 Å². The molecule has 0 aliphatic carbocycles. The van der Waals surface area contributed by atoms with E-state index in [4.69, 9.17) is 4.52 Å². The molecule has 2 rings (SSSR count). The van der Waals surface area contributed by atoms with E-state index in [0.29, 0.717) is 0 Å². The van der Waals surface area contributed by atoms with E-state index < -0.39 is 8.03 Å². The van der Waals surface area contributed by atoms with Crippen LogP contribution in [0.4, 0.5) is 0 Å². The second kappa shape index (κ2) is 5.81. The summed E-state index contributed by atoms with van der Waals surface area (Å²) in [5.41, 5.74) is 3.07. The zero-order chi connectivity index (χ0) is 13.0. The van der Waals surface area contributed by atoms with Gasteiger partial charge in [-0.05, 0) is 28.8 Å². The fourth-order valence-corrected chi connectivity index (χ4v) is 2.41. The van der Waals surface area contributed by atoms with E-state index >= 15 is 0 Å². The van der Waals surface area contributed by atoms with Gasteiger partial charge in [0.2, 0.25) is 8.03 Å². The molecule has 0 amide bonds. The first-order valence-corrected chi connectivity index (χ1v) is 6.97. The first-order valence-electron chi connectivity index (χ1n) is 5.65. The molecule has 1 atom stereocenters. The third-order valence-corrected chi connectivity index (χ3v) is 3.95. The average Bonchev–Trinajstić information content (AvgIpc) is 2.47. The summed E-state index contributed by atoms with van der Waals surface area (Å²) in [6, 6.07) is 17.5. The van der Waals surface area contributed by atoms with Gasteiger partial charge < -0.3 is 4.52 Å². The molecular weight excluding hydrogens is 243 g/mol. The lowest BCUT2D eigenvalue weighted by Crippen LogP contribution is -1.97. The maximum absolute atomic E-state index is 11.5. The zero-order valence-corrected chi connectivity index (χ0v) is 11.2.